The Balaban J connectivity index is 1.71. The third-order valence-corrected chi connectivity index (χ3v) is 7.94. The number of amides is 6. The summed E-state index contributed by atoms with van der Waals surface area (Å²) in [6.07, 6.45) is 7.90. The first-order chi connectivity index (χ1) is 20.8. The van der Waals surface area contributed by atoms with Crippen molar-refractivity contribution in [3.05, 3.63) is 12.2 Å². The molecule has 1 fully saturated rings. The lowest BCUT2D eigenvalue weighted by molar-refractivity contribution is -0.142. The van der Waals surface area contributed by atoms with Crippen LogP contribution >= 0.6 is 0 Å². The van der Waals surface area contributed by atoms with Crippen molar-refractivity contribution in [3.63, 3.8) is 0 Å². The smallest absolute Gasteiger partial charge is 0.326 e. The quantitative estimate of drug-likeness (QED) is 0.0851. The second-order valence-electron chi connectivity index (χ2n) is 11.9. The summed E-state index contributed by atoms with van der Waals surface area (Å²) in [5, 5.41) is 20.1. The highest BCUT2D eigenvalue weighted by Gasteiger charge is 2.31. The molecule has 246 valence electrons. The van der Waals surface area contributed by atoms with Crippen LogP contribution in [0.25, 0.3) is 0 Å². The molecule has 44 heavy (non-hydrogen) atoms. The van der Waals surface area contributed by atoms with Crippen molar-refractivity contribution in [2.24, 2.45) is 17.6 Å². The van der Waals surface area contributed by atoms with Crippen LogP contribution in [0.5, 0.6) is 0 Å². The van der Waals surface area contributed by atoms with E-state index in [4.69, 9.17) is 5.73 Å². The van der Waals surface area contributed by atoms with Crippen molar-refractivity contribution in [1.82, 2.24) is 26.2 Å². The molecular weight excluding hydrogens is 572 g/mol. The zero-order valence-corrected chi connectivity index (χ0v) is 25.9. The molecule has 6 amide bonds. The second-order valence-corrected chi connectivity index (χ2v) is 11.9. The van der Waals surface area contributed by atoms with Gasteiger partial charge in [0.05, 0.1) is 5.92 Å². The van der Waals surface area contributed by atoms with Crippen molar-refractivity contribution >= 4 is 41.4 Å². The second kappa shape index (κ2) is 18.1. The van der Waals surface area contributed by atoms with E-state index in [2.05, 4.69) is 21.3 Å². The van der Waals surface area contributed by atoms with Crippen LogP contribution in [0, 0.1) is 11.8 Å². The maximum atomic E-state index is 12.9. The molecule has 1 saturated carbocycles. The third kappa shape index (κ3) is 11.7. The van der Waals surface area contributed by atoms with Crippen molar-refractivity contribution in [1.29, 1.82) is 0 Å². The van der Waals surface area contributed by atoms with Gasteiger partial charge in [0.1, 0.15) is 18.1 Å². The van der Waals surface area contributed by atoms with Gasteiger partial charge in [0.2, 0.25) is 23.6 Å². The molecule has 1 heterocycles. The number of nitrogens with zero attached hydrogens (tertiary/aromatic N) is 1. The van der Waals surface area contributed by atoms with Gasteiger partial charge < -0.3 is 32.1 Å². The summed E-state index contributed by atoms with van der Waals surface area (Å²) in [6, 6.07) is -3.26. The van der Waals surface area contributed by atoms with Gasteiger partial charge in [-0.1, -0.05) is 26.7 Å². The number of nitrogens with one attached hydrogen (secondary N) is 4. The Morgan fingerprint density at radius 3 is 2.18 bits per heavy atom. The van der Waals surface area contributed by atoms with Gasteiger partial charge >= 0.3 is 5.97 Å². The Morgan fingerprint density at radius 2 is 1.59 bits per heavy atom. The number of carboxylic acid groups (broad SMARTS) is 1. The Bertz CT molecular complexity index is 1080. The van der Waals surface area contributed by atoms with Gasteiger partial charge in [-0.15, -0.1) is 0 Å². The maximum Gasteiger partial charge on any atom is 0.326 e. The number of nitrogens with two attached hydrogens (primary N) is 1. The lowest BCUT2D eigenvalue weighted by Gasteiger charge is -2.24. The Morgan fingerprint density at radius 1 is 0.909 bits per heavy atom. The number of rotatable bonds is 19. The van der Waals surface area contributed by atoms with E-state index in [0.29, 0.717) is 38.6 Å². The third-order valence-electron chi connectivity index (χ3n) is 7.94. The van der Waals surface area contributed by atoms with Crippen LogP contribution in [0.2, 0.25) is 0 Å². The van der Waals surface area contributed by atoms with Gasteiger partial charge in [0.15, 0.2) is 0 Å². The van der Waals surface area contributed by atoms with E-state index in [-0.39, 0.29) is 60.9 Å². The van der Waals surface area contributed by atoms with Crippen molar-refractivity contribution in [3.8, 4) is 0 Å². The highest BCUT2D eigenvalue weighted by atomic mass is 16.4. The fraction of sp³-hybridized carbons (Fsp3) is 0.700. The molecule has 0 spiro atoms. The number of carbonyl (C=O) groups is 7. The fourth-order valence-corrected chi connectivity index (χ4v) is 5.22. The zero-order chi connectivity index (χ0) is 32.8. The lowest BCUT2D eigenvalue weighted by atomic mass is 10.0. The average molecular weight is 621 g/mol. The standard InChI is InChI=1S/C30H48N6O8/c1-18(2)26(35-23(37)13-5-4-8-17-36-24(38)14-15-25(36)39)29(42)33-19(3)27(40)34-22(30(43)44)12-6-7-16-32-28(41)20-10-9-11-21(20)31/h14-15,18-22,26H,4-13,16-17,31H2,1-3H3,(H,32,41)(H,33,42)(H,34,40)(H,35,37)(H,43,44)/t19-,20+,21-,22-,26-/m0/s1. The van der Waals surface area contributed by atoms with Gasteiger partial charge in [-0.3, -0.25) is 33.7 Å². The van der Waals surface area contributed by atoms with E-state index in [1.165, 1.54) is 19.1 Å². The number of aliphatic carboxylic acids is 1. The molecule has 2 rings (SSSR count). The fourth-order valence-electron chi connectivity index (χ4n) is 5.22. The first-order valence-electron chi connectivity index (χ1n) is 15.5. The van der Waals surface area contributed by atoms with E-state index in [9.17, 15) is 38.7 Å². The molecule has 7 N–H and O–H groups in total. The highest BCUT2D eigenvalue weighted by Crippen LogP contribution is 2.23. The summed E-state index contributed by atoms with van der Waals surface area (Å²) >= 11 is 0. The van der Waals surface area contributed by atoms with Crippen LogP contribution in [-0.2, 0) is 33.6 Å². The summed E-state index contributed by atoms with van der Waals surface area (Å²) in [5.74, 6) is -4.04. The molecule has 0 radical (unpaired) electrons. The first-order valence-corrected chi connectivity index (χ1v) is 15.5. The van der Waals surface area contributed by atoms with E-state index in [1.54, 1.807) is 13.8 Å². The molecule has 0 unspecified atom stereocenters. The molecule has 0 saturated heterocycles. The molecule has 0 aromatic heterocycles. The molecule has 0 aromatic rings. The van der Waals surface area contributed by atoms with Crippen molar-refractivity contribution < 1.29 is 38.7 Å². The first kappa shape index (κ1) is 36.4. The van der Waals surface area contributed by atoms with E-state index < -0.39 is 35.9 Å². The summed E-state index contributed by atoms with van der Waals surface area (Å²) in [4.78, 5) is 86.4. The van der Waals surface area contributed by atoms with Crippen LogP contribution in [0.1, 0.15) is 85.0 Å². The predicted molar refractivity (Wildman–Crippen MR) is 160 cm³/mol. The summed E-state index contributed by atoms with van der Waals surface area (Å²) in [6.45, 7) is 5.59. The Kier molecular flexibility index (Phi) is 15.0. The van der Waals surface area contributed by atoms with Gasteiger partial charge in [0.25, 0.3) is 11.8 Å². The highest BCUT2D eigenvalue weighted by molar-refractivity contribution is 6.12. The number of carbonyl (C=O) groups excluding carboxylic acids is 6. The van der Waals surface area contributed by atoms with Gasteiger partial charge in [-0.2, -0.15) is 0 Å². The number of hydrogen-bond donors (Lipinski definition) is 6. The van der Waals surface area contributed by atoms with Crippen LogP contribution in [0.3, 0.4) is 0 Å². The average Bonchev–Trinajstić information content (AvgIpc) is 3.53. The molecule has 0 bridgehead atoms. The normalized spacial score (nSPS) is 19.9. The number of unbranched alkanes of at least 4 members (excludes halogenated alkanes) is 3. The summed E-state index contributed by atoms with van der Waals surface area (Å²) < 4.78 is 0. The van der Waals surface area contributed by atoms with Gasteiger partial charge in [-0.25, -0.2) is 4.79 Å². The maximum absolute atomic E-state index is 12.9. The topological polar surface area (TPSA) is 217 Å². The largest absolute Gasteiger partial charge is 0.480 e. The number of carboxylic acids is 1. The molecular formula is C30H48N6O8. The number of hydrogen-bond acceptors (Lipinski definition) is 8. The van der Waals surface area contributed by atoms with Crippen LogP contribution in [0.15, 0.2) is 12.2 Å². The Labute approximate surface area is 258 Å². The molecule has 5 atom stereocenters. The summed E-state index contributed by atoms with van der Waals surface area (Å²) in [7, 11) is 0. The molecule has 2 aliphatic rings. The minimum absolute atomic E-state index is 0.0816. The van der Waals surface area contributed by atoms with Crippen molar-refractivity contribution in [2.45, 2.75) is 109 Å². The van der Waals surface area contributed by atoms with Crippen LogP contribution in [0.4, 0.5) is 0 Å². The predicted octanol–water partition coefficient (Wildman–Crippen LogP) is 0.101. The molecule has 0 aromatic carbocycles. The molecule has 1 aliphatic heterocycles. The Hall–Kier alpha value is -3.81. The van der Waals surface area contributed by atoms with Crippen LogP contribution < -0.4 is 27.0 Å². The van der Waals surface area contributed by atoms with Crippen LogP contribution in [-0.4, -0.2) is 88.7 Å². The van der Waals surface area contributed by atoms with Crippen molar-refractivity contribution in [2.75, 3.05) is 13.1 Å². The van der Waals surface area contributed by atoms with Gasteiger partial charge in [0, 0.05) is 37.7 Å². The van der Waals surface area contributed by atoms with Gasteiger partial charge in [-0.05, 0) is 57.8 Å². The van der Waals surface area contributed by atoms with E-state index in [1.807, 2.05) is 0 Å². The zero-order valence-electron chi connectivity index (χ0n) is 25.9. The minimum atomic E-state index is -1.21. The van der Waals surface area contributed by atoms with E-state index >= 15 is 0 Å². The molecule has 14 nitrogen and oxygen atoms in total. The molecule has 14 heteroatoms. The summed E-state index contributed by atoms with van der Waals surface area (Å²) in [5.41, 5.74) is 5.96. The monoisotopic (exact) mass is 620 g/mol. The molecule has 1 aliphatic carbocycles. The van der Waals surface area contributed by atoms with E-state index in [0.717, 1.165) is 24.2 Å². The SMILES string of the molecule is CC(C)[C@H](NC(=O)CCCCCN1C(=O)C=CC1=O)C(=O)N[C@@H](C)C(=O)N[C@@H](CCCCNC(=O)[C@@H]1CCC[C@@H]1N)C(=O)O. The lowest BCUT2D eigenvalue weighted by Crippen LogP contribution is -2.56. The minimum Gasteiger partial charge on any atom is -0.480 e. The number of imide groups is 1.